The second-order valence-corrected chi connectivity index (χ2v) is 6.27. The average Bonchev–Trinajstić information content (AvgIpc) is 3.01. The molecule has 1 unspecified atom stereocenters. The topological polar surface area (TPSA) is 46.6 Å². The molecular formula is C8H14ClNO3S. The first-order valence-corrected chi connectivity index (χ1v) is 6.85. The molecular weight excluding hydrogens is 226 g/mol. The molecule has 82 valence electrons. The maximum Gasteiger partial charge on any atom is 0.217 e. The van der Waals surface area contributed by atoms with Crippen molar-refractivity contribution in [3.05, 3.63) is 0 Å². The summed E-state index contributed by atoms with van der Waals surface area (Å²) >= 11 is 5.64. The van der Waals surface area contributed by atoms with Crippen LogP contribution in [0.4, 0.5) is 0 Å². The number of rotatable bonds is 3. The number of morpholine rings is 1. The molecule has 2 aliphatic rings. The number of hydrogen-bond donors (Lipinski definition) is 0. The Morgan fingerprint density at radius 2 is 2.14 bits per heavy atom. The lowest BCUT2D eigenvalue weighted by Gasteiger charge is -2.31. The second-order valence-electron chi connectivity index (χ2n) is 3.75. The molecule has 0 spiro atoms. The van der Waals surface area contributed by atoms with Gasteiger partial charge in [-0.2, -0.15) is 4.31 Å². The van der Waals surface area contributed by atoms with Gasteiger partial charge in [0.1, 0.15) is 0 Å². The Morgan fingerprint density at radius 3 is 2.71 bits per heavy atom. The molecule has 0 aromatic rings. The smallest absolute Gasteiger partial charge is 0.217 e. The Balaban J connectivity index is 2.03. The summed E-state index contributed by atoms with van der Waals surface area (Å²) in [5, 5.41) is -0.128. The Kier molecular flexibility index (Phi) is 3.02. The molecule has 1 saturated heterocycles. The molecule has 1 saturated carbocycles. The van der Waals surface area contributed by atoms with Gasteiger partial charge in [0.15, 0.2) is 0 Å². The van der Waals surface area contributed by atoms with Crippen molar-refractivity contribution in [3.8, 4) is 0 Å². The van der Waals surface area contributed by atoms with E-state index in [1.807, 2.05) is 0 Å². The summed E-state index contributed by atoms with van der Waals surface area (Å²) in [4.78, 5) is 0. The Labute approximate surface area is 89.2 Å². The van der Waals surface area contributed by atoms with Crippen LogP contribution in [0.15, 0.2) is 0 Å². The van der Waals surface area contributed by atoms with Gasteiger partial charge in [-0.15, -0.1) is 11.6 Å². The largest absolute Gasteiger partial charge is 0.374 e. The fourth-order valence-electron chi connectivity index (χ4n) is 1.59. The van der Waals surface area contributed by atoms with Crippen LogP contribution in [0, 0.1) is 0 Å². The van der Waals surface area contributed by atoms with Crippen molar-refractivity contribution in [3.63, 3.8) is 0 Å². The van der Waals surface area contributed by atoms with Crippen LogP contribution in [0.2, 0.25) is 0 Å². The van der Waals surface area contributed by atoms with E-state index in [1.54, 1.807) is 0 Å². The highest BCUT2D eigenvalue weighted by molar-refractivity contribution is 7.90. The number of nitrogens with zero attached hydrogens (tertiary/aromatic N) is 1. The highest BCUT2D eigenvalue weighted by Gasteiger charge is 2.41. The van der Waals surface area contributed by atoms with Crippen LogP contribution in [-0.2, 0) is 14.8 Å². The first-order chi connectivity index (χ1) is 6.64. The zero-order valence-corrected chi connectivity index (χ0v) is 9.43. The lowest BCUT2D eigenvalue weighted by Crippen LogP contribution is -2.47. The number of ether oxygens (including phenoxy) is 1. The quantitative estimate of drug-likeness (QED) is 0.671. The maximum atomic E-state index is 11.8. The molecule has 0 aromatic heterocycles. The van der Waals surface area contributed by atoms with E-state index in [4.69, 9.17) is 16.3 Å². The van der Waals surface area contributed by atoms with Crippen molar-refractivity contribution < 1.29 is 13.2 Å². The van der Waals surface area contributed by atoms with E-state index < -0.39 is 10.0 Å². The standard InChI is InChI=1S/C8H14ClNO3S/c9-5-7-6-10(3-4-13-7)14(11,12)8-1-2-8/h7-8H,1-6H2. The van der Waals surface area contributed by atoms with Crippen LogP contribution in [0.5, 0.6) is 0 Å². The Bertz CT molecular complexity index is 302. The summed E-state index contributed by atoms with van der Waals surface area (Å²) in [5.74, 6) is 0.358. The molecule has 1 atom stereocenters. The third-order valence-corrected chi connectivity index (χ3v) is 5.29. The van der Waals surface area contributed by atoms with Crippen LogP contribution in [-0.4, -0.2) is 49.7 Å². The van der Waals surface area contributed by atoms with Gasteiger partial charge in [-0.05, 0) is 12.8 Å². The minimum Gasteiger partial charge on any atom is -0.374 e. The van der Waals surface area contributed by atoms with E-state index in [2.05, 4.69) is 0 Å². The fraction of sp³-hybridized carbons (Fsp3) is 1.00. The van der Waals surface area contributed by atoms with Crippen molar-refractivity contribution in [2.75, 3.05) is 25.6 Å². The summed E-state index contributed by atoms with van der Waals surface area (Å²) in [5.41, 5.74) is 0. The predicted octanol–water partition coefficient (Wildman–Crippen LogP) is 0.418. The Hall–Kier alpha value is 0.160. The molecule has 14 heavy (non-hydrogen) atoms. The fourth-order valence-corrected chi connectivity index (χ4v) is 3.64. The molecule has 0 amide bonds. The van der Waals surface area contributed by atoms with Gasteiger partial charge < -0.3 is 4.74 Å². The van der Waals surface area contributed by atoms with Crippen molar-refractivity contribution in [1.82, 2.24) is 4.31 Å². The highest BCUT2D eigenvalue weighted by atomic mass is 35.5. The van der Waals surface area contributed by atoms with Crippen LogP contribution >= 0.6 is 11.6 Å². The number of alkyl halides is 1. The third kappa shape index (κ3) is 2.05. The minimum absolute atomic E-state index is 0.128. The molecule has 2 fully saturated rings. The summed E-state index contributed by atoms with van der Waals surface area (Å²) in [6, 6.07) is 0. The van der Waals surface area contributed by atoms with Crippen molar-refractivity contribution in [2.24, 2.45) is 0 Å². The van der Waals surface area contributed by atoms with E-state index in [-0.39, 0.29) is 11.4 Å². The lowest BCUT2D eigenvalue weighted by molar-refractivity contribution is 0.0122. The first kappa shape index (κ1) is 10.7. The van der Waals surface area contributed by atoms with Gasteiger partial charge >= 0.3 is 0 Å². The average molecular weight is 240 g/mol. The zero-order chi connectivity index (χ0) is 10.2. The summed E-state index contributed by atoms with van der Waals surface area (Å²) in [6.07, 6.45) is 1.48. The van der Waals surface area contributed by atoms with E-state index in [0.29, 0.717) is 25.6 Å². The van der Waals surface area contributed by atoms with Gasteiger partial charge in [-0.1, -0.05) is 0 Å². The molecule has 1 heterocycles. The minimum atomic E-state index is -3.04. The van der Waals surface area contributed by atoms with Crippen molar-refractivity contribution in [2.45, 2.75) is 24.2 Å². The third-order valence-electron chi connectivity index (χ3n) is 2.58. The van der Waals surface area contributed by atoms with Gasteiger partial charge in [0.2, 0.25) is 10.0 Å². The molecule has 1 aliphatic carbocycles. The van der Waals surface area contributed by atoms with Crippen LogP contribution < -0.4 is 0 Å². The van der Waals surface area contributed by atoms with Gasteiger partial charge in [0, 0.05) is 19.0 Å². The zero-order valence-electron chi connectivity index (χ0n) is 7.86. The molecule has 1 aliphatic heterocycles. The van der Waals surface area contributed by atoms with E-state index in [9.17, 15) is 8.42 Å². The van der Waals surface area contributed by atoms with Gasteiger partial charge in [-0.25, -0.2) is 8.42 Å². The number of hydrogen-bond acceptors (Lipinski definition) is 3. The van der Waals surface area contributed by atoms with Crippen LogP contribution in [0.25, 0.3) is 0 Å². The van der Waals surface area contributed by atoms with Gasteiger partial charge in [0.05, 0.1) is 18.0 Å². The normalized spacial score (nSPS) is 30.5. The van der Waals surface area contributed by atoms with Gasteiger partial charge in [0.25, 0.3) is 0 Å². The van der Waals surface area contributed by atoms with E-state index >= 15 is 0 Å². The summed E-state index contributed by atoms with van der Waals surface area (Å²) in [7, 11) is -3.04. The highest BCUT2D eigenvalue weighted by Crippen LogP contribution is 2.31. The Morgan fingerprint density at radius 1 is 1.43 bits per heavy atom. The molecule has 0 radical (unpaired) electrons. The SMILES string of the molecule is O=S(=O)(C1CC1)N1CCOC(CCl)C1. The molecule has 0 N–H and O–H groups in total. The molecule has 4 nitrogen and oxygen atoms in total. The monoisotopic (exact) mass is 239 g/mol. The number of halogens is 1. The van der Waals surface area contributed by atoms with Crippen molar-refractivity contribution >= 4 is 21.6 Å². The number of sulfonamides is 1. The molecule has 2 rings (SSSR count). The van der Waals surface area contributed by atoms with Crippen LogP contribution in [0.1, 0.15) is 12.8 Å². The first-order valence-electron chi connectivity index (χ1n) is 4.81. The maximum absolute atomic E-state index is 11.8. The van der Waals surface area contributed by atoms with Crippen LogP contribution in [0.3, 0.4) is 0 Å². The predicted molar refractivity (Wildman–Crippen MR) is 54.0 cm³/mol. The van der Waals surface area contributed by atoms with Gasteiger partial charge in [-0.3, -0.25) is 0 Å². The lowest BCUT2D eigenvalue weighted by atomic mass is 10.3. The second kappa shape index (κ2) is 3.96. The molecule has 0 aromatic carbocycles. The summed E-state index contributed by atoms with van der Waals surface area (Å²) in [6.45, 7) is 1.36. The van der Waals surface area contributed by atoms with E-state index in [1.165, 1.54) is 4.31 Å². The van der Waals surface area contributed by atoms with Crippen molar-refractivity contribution in [1.29, 1.82) is 0 Å². The summed E-state index contributed by atoms with van der Waals surface area (Å²) < 4.78 is 30.5. The molecule has 0 bridgehead atoms. The molecule has 6 heteroatoms. The van der Waals surface area contributed by atoms with E-state index in [0.717, 1.165) is 12.8 Å².